The molecule has 2 aliphatic rings. The Balaban J connectivity index is 1.59. The summed E-state index contributed by atoms with van der Waals surface area (Å²) in [5.74, 6) is 0.591. The van der Waals surface area contributed by atoms with Crippen LogP contribution in [0.1, 0.15) is 32.1 Å². The van der Waals surface area contributed by atoms with Gasteiger partial charge < -0.3 is 16.0 Å². The first-order valence-electron chi connectivity index (χ1n) is 6.83. The third kappa shape index (κ3) is 4.52. The topological polar surface area (TPSA) is 65.2 Å². The number of amides is 2. The molecule has 0 aromatic heterocycles. The predicted octanol–water partition coefficient (Wildman–Crippen LogP) is 0.385. The second-order valence-corrected chi connectivity index (χ2v) is 5.07. The van der Waals surface area contributed by atoms with Crippen LogP contribution in [0.25, 0.3) is 0 Å². The van der Waals surface area contributed by atoms with Gasteiger partial charge in [0.15, 0.2) is 0 Å². The smallest absolute Gasteiger partial charge is 0.316 e. The standard InChI is InChI=1S/C12H24N4O/c17-12(16-11-5-1-2-7-14-11)15-9-10-4-3-6-13-8-10/h10-11,13-14H,1-9H2,(H2,15,16,17). The lowest BCUT2D eigenvalue weighted by Gasteiger charge is -2.26. The Bertz CT molecular complexity index is 235. The molecular formula is C12H24N4O. The predicted molar refractivity (Wildman–Crippen MR) is 67.8 cm³/mol. The number of carbonyl (C=O) groups is 1. The van der Waals surface area contributed by atoms with Gasteiger partial charge in [-0.3, -0.25) is 5.32 Å². The summed E-state index contributed by atoms with van der Waals surface area (Å²) >= 11 is 0. The number of hydrogen-bond donors (Lipinski definition) is 4. The Hall–Kier alpha value is -0.810. The summed E-state index contributed by atoms with van der Waals surface area (Å²) in [5, 5.41) is 12.6. The minimum atomic E-state index is -0.0324. The van der Waals surface area contributed by atoms with Crippen molar-refractivity contribution in [2.75, 3.05) is 26.2 Å². The van der Waals surface area contributed by atoms with E-state index >= 15 is 0 Å². The van der Waals surface area contributed by atoms with Gasteiger partial charge in [0.25, 0.3) is 0 Å². The number of hydrogen-bond acceptors (Lipinski definition) is 3. The summed E-state index contributed by atoms with van der Waals surface area (Å²) in [4.78, 5) is 11.7. The lowest BCUT2D eigenvalue weighted by Crippen LogP contribution is -2.52. The molecule has 2 atom stereocenters. The van der Waals surface area contributed by atoms with Crippen LogP contribution >= 0.6 is 0 Å². The van der Waals surface area contributed by atoms with Gasteiger partial charge in [0.1, 0.15) is 0 Å². The summed E-state index contributed by atoms with van der Waals surface area (Å²) in [6.07, 6.45) is 6.05. The minimum absolute atomic E-state index is 0.0324. The Morgan fingerprint density at radius 1 is 1.18 bits per heavy atom. The molecule has 2 amide bonds. The molecule has 0 aromatic rings. The summed E-state index contributed by atoms with van der Waals surface area (Å²) in [6.45, 7) is 3.94. The van der Waals surface area contributed by atoms with Crippen molar-refractivity contribution >= 4 is 6.03 Å². The molecule has 0 radical (unpaired) electrons. The fourth-order valence-electron chi connectivity index (χ4n) is 2.52. The van der Waals surface area contributed by atoms with Gasteiger partial charge in [-0.2, -0.15) is 0 Å². The Morgan fingerprint density at radius 2 is 2.12 bits per heavy atom. The average molecular weight is 240 g/mol. The quantitative estimate of drug-likeness (QED) is 0.577. The van der Waals surface area contributed by atoms with E-state index in [1.54, 1.807) is 0 Å². The third-order valence-corrected chi connectivity index (χ3v) is 3.57. The highest BCUT2D eigenvalue weighted by molar-refractivity contribution is 5.74. The SMILES string of the molecule is O=C(NCC1CCCNC1)NC1CCCCN1. The van der Waals surface area contributed by atoms with E-state index in [9.17, 15) is 4.79 Å². The molecule has 17 heavy (non-hydrogen) atoms. The van der Waals surface area contributed by atoms with Crippen LogP contribution in [-0.2, 0) is 0 Å². The molecule has 5 heteroatoms. The van der Waals surface area contributed by atoms with Crippen LogP contribution in [0.3, 0.4) is 0 Å². The van der Waals surface area contributed by atoms with Crippen LogP contribution in [0.15, 0.2) is 0 Å². The maximum absolute atomic E-state index is 11.7. The van der Waals surface area contributed by atoms with Crippen molar-refractivity contribution in [3.8, 4) is 0 Å². The second-order valence-electron chi connectivity index (χ2n) is 5.07. The maximum Gasteiger partial charge on any atom is 0.316 e. The van der Waals surface area contributed by atoms with Gasteiger partial charge in [-0.25, -0.2) is 4.79 Å². The summed E-state index contributed by atoms with van der Waals surface area (Å²) < 4.78 is 0. The summed E-state index contributed by atoms with van der Waals surface area (Å²) in [5.41, 5.74) is 0. The van der Waals surface area contributed by atoms with Gasteiger partial charge >= 0.3 is 6.03 Å². The number of carbonyl (C=O) groups excluding carboxylic acids is 1. The first-order chi connectivity index (χ1) is 8.34. The Morgan fingerprint density at radius 3 is 2.82 bits per heavy atom. The highest BCUT2D eigenvalue weighted by atomic mass is 16.2. The van der Waals surface area contributed by atoms with Crippen molar-refractivity contribution in [3.63, 3.8) is 0 Å². The van der Waals surface area contributed by atoms with Crippen molar-refractivity contribution in [3.05, 3.63) is 0 Å². The van der Waals surface area contributed by atoms with Crippen LogP contribution in [0.5, 0.6) is 0 Å². The van der Waals surface area contributed by atoms with Crippen molar-refractivity contribution in [1.82, 2.24) is 21.3 Å². The van der Waals surface area contributed by atoms with E-state index in [4.69, 9.17) is 0 Å². The molecule has 98 valence electrons. The molecule has 0 saturated carbocycles. The van der Waals surface area contributed by atoms with Crippen molar-refractivity contribution in [2.24, 2.45) is 5.92 Å². The first kappa shape index (κ1) is 12.6. The molecule has 2 saturated heterocycles. The van der Waals surface area contributed by atoms with Gasteiger partial charge in [-0.05, 0) is 57.7 Å². The molecule has 2 aliphatic heterocycles. The van der Waals surface area contributed by atoms with Crippen molar-refractivity contribution in [1.29, 1.82) is 0 Å². The van der Waals surface area contributed by atoms with Gasteiger partial charge in [0.2, 0.25) is 0 Å². The third-order valence-electron chi connectivity index (χ3n) is 3.57. The Labute approximate surface area is 103 Å². The summed E-state index contributed by atoms with van der Waals surface area (Å²) in [7, 11) is 0. The van der Waals surface area contributed by atoms with E-state index in [1.807, 2.05) is 0 Å². The van der Waals surface area contributed by atoms with Crippen molar-refractivity contribution in [2.45, 2.75) is 38.3 Å². The first-order valence-corrected chi connectivity index (χ1v) is 6.83. The molecule has 4 N–H and O–H groups in total. The van der Waals surface area contributed by atoms with Crippen LogP contribution in [0.2, 0.25) is 0 Å². The van der Waals surface area contributed by atoms with Crippen LogP contribution in [-0.4, -0.2) is 38.4 Å². The molecular weight excluding hydrogens is 216 g/mol. The van der Waals surface area contributed by atoms with E-state index in [2.05, 4.69) is 21.3 Å². The maximum atomic E-state index is 11.7. The van der Waals surface area contributed by atoms with E-state index in [0.29, 0.717) is 5.92 Å². The summed E-state index contributed by atoms with van der Waals surface area (Å²) in [6, 6.07) is -0.0324. The van der Waals surface area contributed by atoms with Gasteiger partial charge in [-0.1, -0.05) is 0 Å². The molecule has 0 spiro atoms. The highest BCUT2D eigenvalue weighted by Gasteiger charge is 2.16. The number of nitrogens with one attached hydrogen (secondary N) is 4. The average Bonchev–Trinajstić information content (AvgIpc) is 2.39. The molecule has 5 nitrogen and oxygen atoms in total. The fraction of sp³-hybridized carbons (Fsp3) is 0.917. The minimum Gasteiger partial charge on any atom is -0.338 e. The Kier molecular flexibility index (Phi) is 5.07. The van der Waals surface area contributed by atoms with Crippen LogP contribution in [0.4, 0.5) is 4.79 Å². The van der Waals surface area contributed by atoms with Crippen LogP contribution < -0.4 is 21.3 Å². The van der Waals surface area contributed by atoms with Crippen LogP contribution in [0, 0.1) is 5.92 Å². The fourth-order valence-corrected chi connectivity index (χ4v) is 2.52. The number of urea groups is 1. The highest BCUT2D eigenvalue weighted by Crippen LogP contribution is 2.08. The molecule has 2 heterocycles. The molecule has 0 aromatic carbocycles. The van der Waals surface area contributed by atoms with E-state index < -0.39 is 0 Å². The molecule has 2 fully saturated rings. The van der Waals surface area contributed by atoms with Gasteiger partial charge in [-0.15, -0.1) is 0 Å². The molecule has 2 unspecified atom stereocenters. The molecule has 0 bridgehead atoms. The zero-order valence-electron chi connectivity index (χ0n) is 10.4. The number of rotatable bonds is 3. The second kappa shape index (κ2) is 6.81. The van der Waals surface area contributed by atoms with Crippen molar-refractivity contribution < 1.29 is 4.79 Å². The number of piperidine rings is 2. The largest absolute Gasteiger partial charge is 0.338 e. The molecule has 0 aliphatic carbocycles. The normalized spacial score (nSPS) is 29.6. The van der Waals surface area contributed by atoms with E-state index in [-0.39, 0.29) is 12.2 Å². The zero-order valence-corrected chi connectivity index (χ0v) is 10.4. The lowest BCUT2D eigenvalue weighted by molar-refractivity contribution is 0.226. The monoisotopic (exact) mass is 240 g/mol. The van der Waals surface area contributed by atoms with Gasteiger partial charge in [0.05, 0.1) is 6.17 Å². The van der Waals surface area contributed by atoms with E-state index in [0.717, 1.165) is 32.6 Å². The van der Waals surface area contributed by atoms with E-state index in [1.165, 1.54) is 25.7 Å². The lowest BCUT2D eigenvalue weighted by atomic mass is 10.00. The molecule has 2 rings (SSSR count). The van der Waals surface area contributed by atoms with Gasteiger partial charge in [0, 0.05) is 6.54 Å². The zero-order chi connectivity index (χ0) is 11.9.